The lowest BCUT2D eigenvalue weighted by Gasteiger charge is -2.50. The molecule has 0 radical (unpaired) electrons. The third-order valence-corrected chi connectivity index (χ3v) is 9.92. The number of hydrogen-bond acceptors (Lipinski definition) is 14. The van der Waals surface area contributed by atoms with Crippen molar-refractivity contribution in [1.82, 2.24) is 9.80 Å². The number of phenols is 1. The summed E-state index contributed by atoms with van der Waals surface area (Å²) in [6, 6.07) is 0.314. The Morgan fingerprint density at radius 1 is 1.06 bits per heavy atom. The quantitative estimate of drug-likeness (QED) is 0.0822. The number of esters is 1. The topological polar surface area (TPSA) is 250 Å². The minimum Gasteiger partial charge on any atom is -0.510 e. The Morgan fingerprint density at radius 3 is 2.25 bits per heavy atom. The van der Waals surface area contributed by atoms with Gasteiger partial charge in [-0.1, -0.05) is 13.3 Å². The number of amides is 3. The molecule has 0 heterocycles. The van der Waals surface area contributed by atoms with Crippen molar-refractivity contribution in [3.63, 3.8) is 0 Å². The van der Waals surface area contributed by atoms with Gasteiger partial charge in [-0.05, 0) is 71.7 Å². The summed E-state index contributed by atoms with van der Waals surface area (Å²) in [6.45, 7) is 5.62. The number of nitrogens with one attached hydrogen (secondary N) is 1. The number of rotatable bonds is 11. The number of nitrogens with zero attached hydrogens (tertiary/aromatic N) is 3. The van der Waals surface area contributed by atoms with Gasteiger partial charge in [-0.25, -0.2) is 4.79 Å². The molecule has 4 atom stereocenters. The number of aliphatic hydroxyl groups is 3. The van der Waals surface area contributed by atoms with Crippen molar-refractivity contribution in [2.75, 3.05) is 51.7 Å². The average molecular weight is 744 g/mol. The van der Waals surface area contributed by atoms with Gasteiger partial charge >= 0.3 is 12.1 Å². The van der Waals surface area contributed by atoms with Crippen molar-refractivity contribution in [3.05, 3.63) is 39.9 Å². The van der Waals surface area contributed by atoms with Crippen molar-refractivity contribution in [2.24, 2.45) is 17.6 Å². The van der Waals surface area contributed by atoms with E-state index in [2.05, 4.69) is 5.32 Å². The Morgan fingerprint density at radius 2 is 1.70 bits per heavy atom. The van der Waals surface area contributed by atoms with Crippen LogP contribution in [0.2, 0.25) is 0 Å². The molecule has 0 saturated carbocycles. The molecule has 0 aliphatic heterocycles. The molecule has 0 aromatic heterocycles. The lowest BCUT2D eigenvalue weighted by atomic mass is 9.58. The molecule has 17 heteroatoms. The van der Waals surface area contributed by atoms with Crippen LogP contribution in [0.15, 0.2) is 28.7 Å². The summed E-state index contributed by atoms with van der Waals surface area (Å²) >= 11 is 0. The molecule has 0 bridgehead atoms. The monoisotopic (exact) mass is 743 g/mol. The Balaban J connectivity index is 1.70. The van der Waals surface area contributed by atoms with Gasteiger partial charge in [0, 0.05) is 43.2 Å². The molecular formula is C36H49N5O12. The third kappa shape index (κ3) is 7.40. The number of anilines is 2. The van der Waals surface area contributed by atoms with E-state index in [1.165, 1.54) is 11.0 Å². The first-order valence-corrected chi connectivity index (χ1v) is 17.2. The number of benzene rings is 1. The molecule has 1 aromatic carbocycles. The lowest BCUT2D eigenvalue weighted by Crippen LogP contribution is -2.63. The van der Waals surface area contributed by atoms with E-state index in [4.69, 9.17) is 15.2 Å². The number of unbranched alkanes of at least 4 members (excludes halogenated alkanes) is 1. The number of aromatic hydroxyl groups is 1. The van der Waals surface area contributed by atoms with E-state index in [0.717, 1.165) is 11.3 Å². The van der Waals surface area contributed by atoms with Gasteiger partial charge in [0.25, 0.3) is 5.91 Å². The van der Waals surface area contributed by atoms with Crippen LogP contribution in [0.4, 0.5) is 16.2 Å². The number of carbonyl (C=O) groups is 6. The maximum atomic E-state index is 14.3. The van der Waals surface area contributed by atoms with Crippen molar-refractivity contribution >= 4 is 46.8 Å². The zero-order chi connectivity index (χ0) is 39.9. The van der Waals surface area contributed by atoms with Crippen LogP contribution in [-0.4, -0.2) is 124 Å². The van der Waals surface area contributed by atoms with Gasteiger partial charge in [0.15, 0.2) is 17.1 Å². The highest BCUT2D eigenvalue weighted by Crippen LogP contribution is 2.54. The number of aliphatic hydroxyl groups excluding tert-OH is 2. The predicted molar refractivity (Wildman–Crippen MR) is 190 cm³/mol. The second-order valence-corrected chi connectivity index (χ2v) is 15.0. The Bertz CT molecular complexity index is 1790. The maximum absolute atomic E-state index is 14.3. The van der Waals surface area contributed by atoms with Gasteiger partial charge in [0.2, 0.25) is 18.5 Å². The number of nitrogens with two attached hydrogens (primary N) is 1. The van der Waals surface area contributed by atoms with E-state index in [9.17, 15) is 49.2 Å². The summed E-state index contributed by atoms with van der Waals surface area (Å²) in [4.78, 5) is 82.6. The molecule has 3 aliphatic rings. The van der Waals surface area contributed by atoms with Crippen LogP contribution in [0.3, 0.4) is 0 Å². The van der Waals surface area contributed by atoms with Crippen molar-refractivity contribution in [2.45, 2.75) is 77.0 Å². The van der Waals surface area contributed by atoms with Gasteiger partial charge in [0.05, 0.1) is 17.3 Å². The second-order valence-electron chi connectivity index (χ2n) is 15.0. The number of allylic oxidation sites excluding steroid dienone is 1. The minimum absolute atomic E-state index is 0.0382. The molecule has 0 saturated heterocycles. The Kier molecular flexibility index (Phi) is 11.5. The summed E-state index contributed by atoms with van der Waals surface area (Å²) in [6.07, 6.45) is 0.543. The van der Waals surface area contributed by atoms with E-state index in [0.29, 0.717) is 17.7 Å². The largest absolute Gasteiger partial charge is 0.510 e. The summed E-state index contributed by atoms with van der Waals surface area (Å²) in [5.74, 6) is -9.29. The smallest absolute Gasteiger partial charge is 0.413 e. The highest BCUT2D eigenvalue weighted by atomic mass is 16.7. The van der Waals surface area contributed by atoms with Crippen molar-refractivity contribution < 1.29 is 58.7 Å². The van der Waals surface area contributed by atoms with Crippen LogP contribution in [-0.2, 0) is 35.1 Å². The van der Waals surface area contributed by atoms with Crippen molar-refractivity contribution in [3.8, 4) is 5.75 Å². The summed E-state index contributed by atoms with van der Waals surface area (Å²) in [7, 11) is 6.43. The van der Waals surface area contributed by atoms with Crippen molar-refractivity contribution in [1.29, 1.82) is 0 Å². The number of phenolic OH excluding ortho intramolecular Hbond substituents is 1. The molecule has 17 nitrogen and oxygen atoms in total. The molecule has 0 unspecified atom stereocenters. The maximum Gasteiger partial charge on any atom is 0.413 e. The zero-order valence-electron chi connectivity index (χ0n) is 31.2. The number of ketones is 2. The van der Waals surface area contributed by atoms with Crippen LogP contribution in [0.5, 0.6) is 5.75 Å². The SMILES string of the molecule is CCCCC(=O)OCOC(=O)N(CC(=O)Nc1cc(N(C)C)c2c(c1O)C(=O)C1=C(O)[C@]3(O)C(=O)C(C(N)=O)=C(O)[C@@H](N(C)C)[C@@H]3C[C@@H]1C2)C(C)(C)C. The third-order valence-electron chi connectivity index (χ3n) is 9.92. The number of ether oxygens (including phenoxy) is 2. The van der Waals surface area contributed by atoms with Gasteiger partial charge in [0.1, 0.15) is 23.6 Å². The van der Waals surface area contributed by atoms with E-state index < -0.39 is 101 Å². The molecular weight excluding hydrogens is 694 g/mol. The molecule has 4 rings (SSSR count). The molecule has 7 N–H and O–H groups in total. The summed E-state index contributed by atoms with van der Waals surface area (Å²) in [5, 5.41) is 48.6. The minimum atomic E-state index is -2.81. The fraction of sp³-hybridized carbons (Fsp3) is 0.556. The predicted octanol–water partition coefficient (Wildman–Crippen LogP) is 2.05. The molecule has 0 spiro atoms. The van der Waals surface area contributed by atoms with E-state index >= 15 is 0 Å². The first-order valence-electron chi connectivity index (χ1n) is 17.2. The number of fused-ring (bicyclic) bond motifs is 3. The number of likely N-dealkylation sites (N-methyl/N-ethyl adjacent to an activating group) is 1. The second kappa shape index (κ2) is 15.1. The fourth-order valence-electron chi connectivity index (χ4n) is 7.32. The van der Waals surface area contributed by atoms with Crippen LogP contribution in [0.1, 0.15) is 69.3 Å². The van der Waals surface area contributed by atoms with E-state index in [1.807, 2.05) is 6.92 Å². The van der Waals surface area contributed by atoms with E-state index in [1.54, 1.807) is 53.9 Å². The Labute approximate surface area is 307 Å². The molecule has 3 amide bonds. The van der Waals surface area contributed by atoms with Gasteiger partial charge < -0.3 is 45.9 Å². The molecule has 53 heavy (non-hydrogen) atoms. The van der Waals surface area contributed by atoms with Crippen LogP contribution in [0, 0.1) is 11.8 Å². The highest BCUT2D eigenvalue weighted by Gasteiger charge is 2.63. The molecule has 0 fully saturated rings. The van der Waals surface area contributed by atoms with Crippen LogP contribution < -0.4 is 16.0 Å². The number of hydrogen-bond donors (Lipinski definition) is 6. The standard InChI is InChI=1S/C36H49N5O12/c1-9-10-11-23(43)52-16-53-34(50)41(35(2,3)4)15-22(42)38-20-14-21(39(5)6)18-12-17-13-19-27(40(7)8)30(46)26(33(37)49)32(48)36(19,51)31(47)24(17)29(45)25(18)28(20)44/h14,17,19,27,44,46-47,51H,9-13,15-16H2,1-8H3,(H2,37,49)(H,38,42)/t17-,19-,27-,36-/m0/s1. The first-order chi connectivity index (χ1) is 24.6. The number of carbonyl (C=O) groups excluding carboxylic acids is 6. The van der Waals surface area contributed by atoms with Crippen LogP contribution >= 0.6 is 0 Å². The molecule has 1 aromatic rings. The fourth-order valence-corrected chi connectivity index (χ4v) is 7.32. The summed E-state index contributed by atoms with van der Waals surface area (Å²) in [5.41, 5.74) is 0.632. The summed E-state index contributed by atoms with van der Waals surface area (Å²) < 4.78 is 10.0. The first kappa shape index (κ1) is 40.6. The lowest BCUT2D eigenvalue weighted by molar-refractivity contribution is -0.153. The Hall–Kier alpha value is -5.16. The van der Waals surface area contributed by atoms with Gasteiger partial charge in [-0.3, -0.25) is 33.8 Å². The molecule has 290 valence electrons. The number of primary amides is 1. The number of Topliss-reactive ketones (excluding diaryl/α,β-unsaturated/α-hetero) is 2. The van der Waals surface area contributed by atoms with Crippen LogP contribution in [0.25, 0.3) is 0 Å². The zero-order valence-corrected chi connectivity index (χ0v) is 31.2. The normalized spacial score (nSPS) is 22.5. The van der Waals surface area contributed by atoms with Gasteiger partial charge in [-0.15, -0.1) is 0 Å². The highest BCUT2D eigenvalue weighted by molar-refractivity contribution is 6.25. The average Bonchev–Trinajstić information content (AvgIpc) is 3.04. The van der Waals surface area contributed by atoms with Gasteiger partial charge in [-0.2, -0.15) is 0 Å². The molecule has 3 aliphatic carbocycles. The van der Waals surface area contributed by atoms with E-state index in [-0.39, 0.29) is 36.1 Å².